The van der Waals surface area contributed by atoms with Gasteiger partial charge in [0.2, 0.25) is 11.6 Å². The second-order valence-electron chi connectivity index (χ2n) is 4.38. The van der Waals surface area contributed by atoms with E-state index in [1.54, 1.807) is 36.4 Å². The average molecular weight is 311 g/mol. The van der Waals surface area contributed by atoms with Crippen molar-refractivity contribution in [1.82, 2.24) is 0 Å². The van der Waals surface area contributed by atoms with E-state index in [4.69, 9.17) is 0 Å². The van der Waals surface area contributed by atoms with E-state index in [1.165, 1.54) is 24.3 Å². The first kappa shape index (κ1) is 16.1. The maximum Gasteiger partial charge on any atom is 0.534 e. The molecule has 2 rings (SSSR count). The number of ketones is 2. The Morgan fingerprint density at radius 2 is 1.22 bits per heavy atom. The van der Waals surface area contributed by atoms with Crippen molar-refractivity contribution in [3.8, 4) is 0 Å². The van der Waals surface area contributed by atoms with Crippen molar-refractivity contribution in [2.75, 3.05) is 7.11 Å². The van der Waals surface area contributed by atoms with Gasteiger partial charge in [0.1, 0.15) is 0 Å². The molecule has 0 aliphatic carbocycles. The van der Waals surface area contributed by atoms with Crippen molar-refractivity contribution in [3.05, 3.63) is 71.8 Å². The lowest BCUT2D eigenvalue weighted by atomic mass is 9.99. The molecule has 0 spiro atoms. The number of rotatable bonds is 5. The molecule has 116 valence electrons. The van der Waals surface area contributed by atoms with E-state index in [0.717, 1.165) is 7.11 Å². The zero-order valence-corrected chi connectivity index (χ0v) is 12.3. The van der Waals surface area contributed by atoms with Crippen molar-refractivity contribution in [2.45, 2.75) is 0 Å². The molecule has 0 saturated carbocycles. The first-order chi connectivity index (χ1) is 11.1. The Balaban J connectivity index is 2.38. The third kappa shape index (κ3) is 4.10. The summed E-state index contributed by atoms with van der Waals surface area (Å²) in [5, 5.41) is 3.39. The van der Waals surface area contributed by atoms with Crippen LogP contribution in [0.3, 0.4) is 0 Å². The fourth-order valence-electron chi connectivity index (χ4n) is 1.76. The Labute approximate surface area is 132 Å². The molecule has 0 aromatic heterocycles. The smallest absolute Gasteiger partial charge is 0.436 e. The molecule has 0 N–H and O–H groups in total. The van der Waals surface area contributed by atoms with Gasteiger partial charge in [-0.3, -0.25) is 14.4 Å². The highest BCUT2D eigenvalue weighted by molar-refractivity contribution is 6.71. The third-order valence-corrected chi connectivity index (χ3v) is 2.88. The van der Waals surface area contributed by atoms with Gasteiger partial charge in [-0.25, -0.2) is 4.79 Å². The number of carbonyl (C=O) groups excluding carboxylic acids is 3. The van der Waals surface area contributed by atoms with Crippen molar-refractivity contribution in [3.63, 3.8) is 0 Å². The van der Waals surface area contributed by atoms with Gasteiger partial charge in [-0.1, -0.05) is 65.8 Å². The molecule has 0 atom stereocenters. The summed E-state index contributed by atoms with van der Waals surface area (Å²) in [5.74, 6) is -1.30. The number of ether oxygens (including phenoxy) is 1. The van der Waals surface area contributed by atoms with Crippen molar-refractivity contribution in [1.29, 1.82) is 0 Å². The summed E-state index contributed by atoms with van der Waals surface area (Å²) in [6.45, 7) is 0. The molecule has 0 radical (unpaired) electrons. The van der Waals surface area contributed by atoms with Crippen LogP contribution in [-0.2, 0) is 9.57 Å². The van der Waals surface area contributed by atoms with Crippen molar-refractivity contribution < 1.29 is 24.0 Å². The number of oxime groups is 1. The molecule has 0 unspecified atom stereocenters. The summed E-state index contributed by atoms with van der Waals surface area (Å²) in [7, 11) is 1.09. The van der Waals surface area contributed by atoms with E-state index >= 15 is 0 Å². The topological polar surface area (TPSA) is 82.0 Å². The molecule has 0 fully saturated rings. The van der Waals surface area contributed by atoms with Gasteiger partial charge in [0.25, 0.3) is 0 Å². The molecule has 6 nitrogen and oxygen atoms in total. The standard InChI is InChI=1S/C17H13NO5/c1-22-17(21)23-18-14(15(19)12-8-4-2-5-9-12)16(20)13-10-6-3-7-11-13/h2-11H,1H3. The van der Waals surface area contributed by atoms with Crippen LogP contribution >= 0.6 is 0 Å². The summed E-state index contributed by atoms with van der Waals surface area (Å²) in [6.07, 6.45) is -1.12. The van der Waals surface area contributed by atoms with Gasteiger partial charge in [0.05, 0.1) is 7.11 Å². The van der Waals surface area contributed by atoms with Crippen LogP contribution in [-0.4, -0.2) is 30.5 Å². The Bertz CT molecular complexity index is 685. The second kappa shape index (κ2) is 7.65. The number of nitrogens with zero attached hydrogens (tertiary/aromatic N) is 1. The molecule has 2 aromatic rings. The van der Waals surface area contributed by atoms with Crippen LogP contribution < -0.4 is 0 Å². The highest BCUT2D eigenvalue weighted by Crippen LogP contribution is 2.08. The zero-order valence-electron chi connectivity index (χ0n) is 12.3. The van der Waals surface area contributed by atoms with Crippen molar-refractivity contribution in [2.24, 2.45) is 5.16 Å². The first-order valence-electron chi connectivity index (χ1n) is 6.66. The fourth-order valence-corrected chi connectivity index (χ4v) is 1.76. The van der Waals surface area contributed by atoms with Gasteiger partial charge >= 0.3 is 6.16 Å². The maximum absolute atomic E-state index is 12.5. The Kier molecular flexibility index (Phi) is 5.35. The molecular weight excluding hydrogens is 298 g/mol. The van der Waals surface area contributed by atoms with Gasteiger partial charge in [-0.2, -0.15) is 0 Å². The largest absolute Gasteiger partial charge is 0.534 e. The van der Waals surface area contributed by atoms with Gasteiger partial charge in [-0.05, 0) is 0 Å². The minimum atomic E-state index is -1.12. The monoisotopic (exact) mass is 311 g/mol. The summed E-state index contributed by atoms with van der Waals surface area (Å²) in [5.41, 5.74) is 0.000735. The molecule has 0 aliphatic heterocycles. The highest BCUT2D eigenvalue weighted by Gasteiger charge is 2.24. The zero-order chi connectivity index (χ0) is 16.7. The fraction of sp³-hybridized carbons (Fsp3) is 0.0588. The Hall–Kier alpha value is -3.28. The summed E-state index contributed by atoms with van der Waals surface area (Å²) < 4.78 is 4.28. The molecule has 6 heteroatoms. The molecular formula is C17H13NO5. The summed E-state index contributed by atoms with van der Waals surface area (Å²) in [4.78, 5) is 40.4. The van der Waals surface area contributed by atoms with Gasteiger partial charge in [-0.15, -0.1) is 0 Å². The number of carbonyl (C=O) groups is 3. The van der Waals surface area contributed by atoms with E-state index in [0.29, 0.717) is 0 Å². The summed E-state index contributed by atoms with van der Waals surface area (Å²) >= 11 is 0. The molecule has 0 aliphatic rings. The van der Waals surface area contributed by atoms with Gasteiger partial charge in [0, 0.05) is 11.1 Å². The number of Topliss-reactive ketones (excluding diaryl/α,β-unsaturated/α-hetero) is 2. The molecule has 0 amide bonds. The first-order valence-corrected chi connectivity index (χ1v) is 6.66. The lowest BCUT2D eigenvalue weighted by Crippen LogP contribution is -2.25. The van der Waals surface area contributed by atoms with E-state index < -0.39 is 23.4 Å². The number of methoxy groups -OCH3 is 1. The molecule has 0 saturated heterocycles. The highest BCUT2D eigenvalue weighted by atomic mass is 16.8. The van der Waals surface area contributed by atoms with E-state index in [1.807, 2.05) is 0 Å². The van der Waals surface area contributed by atoms with E-state index in [9.17, 15) is 14.4 Å². The van der Waals surface area contributed by atoms with Crippen LogP contribution in [0.2, 0.25) is 0 Å². The van der Waals surface area contributed by atoms with Gasteiger partial charge < -0.3 is 4.74 Å². The second-order valence-corrected chi connectivity index (χ2v) is 4.38. The minimum Gasteiger partial charge on any atom is -0.436 e. The number of benzene rings is 2. The molecule has 23 heavy (non-hydrogen) atoms. The normalized spacial score (nSPS) is 9.61. The van der Waals surface area contributed by atoms with E-state index in [2.05, 4.69) is 14.7 Å². The minimum absolute atomic E-state index is 0.254. The van der Waals surface area contributed by atoms with Crippen LogP contribution in [0.25, 0.3) is 0 Å². The predicted molar refractivity (Wildman–Crippen MR) is 82.5 cm³/mol. The van der Waals surface area contributed by atoms with E-state index in [-0.39, 0.29) is 11.1 Å². The predicted octanol–water partition coefficient (Wildman–Crippen LogP) is 2.89. The third-order valence-electron chi connectivity index (χ3n) is 2.88. The molecule has 2 aromatic carbocycles. The van der Waals surface area contributed by atoms with Crippen molar-refractivity contribution >= 4 is 23.4 Å². The van der Waals surface area contributed by atoms with Crippen LogP contribution in [0, 0.1) is 0 Å². The lowest BCUT2D eigenvalue weighted by Gasteiger charge is -2.05. The number of hydrogen-bond acceptors (Lipinski definition) is 6. The molecule has 0 heterocycles. The quantitative estimate of drug-likeness (QED) is 0.212. The maximum atomic E-state index is 12.5. The van der Waals surface area contributed by atoms with Gasteiger partial charge in [0.15, 0.2) is 5.71 Å². The Morgan fingerprint density at radius 1 is 0.783 bits per heavy atom. The lowest BCUT2D eigenvalue weighted by molar-refractivity contribution is 0.0743. The summed E-state index contributed by atoms with van der Waals surface area (Å²) in [6, 6.07) is 16.2. The number of hydrogen-bond donors (Lipinski definition) is 0. The van der Waals surface area contributed by atoms with Crippen LogP contribution in [0.4, 0.5) is 4.79 Å². The SMILES string of the molecule is COC(=O)ON=C(C(=O)c1ccccc1)C(=O)c1ccccc1. The van der Waals surface area contributed by atoms with Crippen LogP contribution in [0.1, 0.15) is 20.7 Å². The average Bonchev–Trinajstić information content (AvgIpc) is 2.62. The van der Waals surface area contributed by atoms with Crippen LogP contribution in [0.5, 0.6) is 0 Å². The van der Waals surface area contributed by atoms with Crippen LogP contribution in [0.15, 0.2) is 65.8 Å². The molecule has 0 bridgehead atoms. The Morgan fingerprint density at radius 3 is 1.61 bits per heavy atom.